The first-order valence-corrected chi connectivity index (χ1v) is 15.5. The Morgan fingerprint density at radius 3 is 2.65 bits per heavy atom. The maximum atomic E-state index is 17.0. The first-order chi connectivity index (χ1) is 20.6. The molecule has 4 aliphatic rings. The maximum Gasteiger partial charge on any atom is 0.318 e. The number of alkyl halides is 1. The van der Waals surface area contributed by atoms with Crippen molar-refractivity contribution < 1.29 is 18.3 Å². The molecule has 2 aliphatic heterocycles. The predicted octanol–water partition coefficient (Wildman–Crippen LogP) is 5.25. The Balaban J connectivity index is 1.36. The summed E-state index contributed by atoms with van der Waals surface area (Å²) in [7, 11) is 0. The fraction of sp³-hybridized carbons (Fsp3) is 0.562. The number of hydrogen-bond donors (Lipinski definition) is 0. The molecule has 0 radical (unpaired) electrons. The van der Waals surface area contributed by atoms with E-state index >= 15 is 4.39 Å². The summed E-state index contributed by atoms with van der Waals surface area (Å²) in [5.74, 6) is -1.31. The molecule has 0 saturated carbocycles. The maximum absolute atomic E-state index is 17.0. The van der Waals surface area contributed by atoms with Crippen LogP contribution in [0.2, 0.25) is 5.02 Å². The van der Waals surface area contributed by atoms with Gasteiger partial charge in [-0.15, -0.1) is 0 Å². The molecule has 1 aromatic heterocycles. The molecule has 1 amide bonds. The molecule has 8 nitrogen and oxygen atoms in total. The van der Waals surface area contributed by atoms with Crippen LogP contribution in [0.4, 0.5) is 14.6 Å². The summed E-state index contributed by atoms with van der Waals surface area (Å²) in [5.41, 5.74) is 2.29. The molecule has 6 rings (SSSR count). The average Bonchev–Trinajstić information content (AvgIpc) is 3.34. The van der Waals surface area contributed by atoms with E-state index in [0.29, 0.717) is 61.4 Å². The van der Waals surface area contributed by atoms with Crippen molar-refractivity contribution in [3.8, 4) is 12.1 Å². The summed E-state index contributed by atoms with van der Waals surface area (Å²) >= 11 is 6.53. The van der Waals surface area contributed by atoms with Crippen LogP contribution in [0.5, 0.6) is 6.01 Å². The second kappa shape index (κ2) is 11.7. The highest BCUT2D eigenvalue weighted by Crippen LogP contribution is 2.56. The van der Waals surface area contributed by atoms with Crippen LogP contribution >= 0.6 is 11.6 Å². The third kappa shape index (κ3) is 5.14. The molecule has 43 heavy (non-hydrogen) atoms. The molecular weight excluding hydrogens is 574 g/mol. The van der Waals surface area contributed by atoms with Gasteiger partial charge < -0.3 is 14.5 Å². The van der Waals surface area contributed by atoms with Gasteiger partial charge in [0, 0.05) is 54.3 Å². The standard InChI is InChI=1S/C32H37ClF2N6O2/c1-19(2)40-14-10-22(40)18-43-31-37-27-24(8-12-32(28(27)35)11-7-23-25(32)5-4-6-26(23)33)29(38-31)39-15-16-41(30(42)20(3)34)21(17-39)9-13-36/h4-6,19,21-22,28H,3,7-12,14-18H2,1-2H3/t21-,22+,28-,32+/m0/s1. The minimum Gasteiger partial charge on any atom is -0.462 e. The Morgan fingerprint density at radius 1 is 1.21 bits per heavy atom. The lowest BCUT2D eigenvalue weighted by molar-refractivity contribution is -0.131. The van der Waals surface area contributed by atoms with E-state index in [1.54, 1.807) is 0 Å². The number of benzene rings is 1. The van der Waals surface area contributed by atoms with Crippen LogP contribution in [0.1, 0.15) is 68.1 Å². The zero-order valence-corrected chi connectivity index (χ0v) is 25.4. The fourth-order valence-electron chi connectivity index (χ4n) is 7.51. The van der Waals surface area contributed by atoms with Gasteiger partial charge in [-0.2, -0.15) is 15.2 Å². The molecule has 2 fully saturated rings. The summed E-state index contributed by atoms with van der Waals surface area (Å²) in [6, 6.07) is 8.04. The van der Waals surface area contributed by atoms with Gasteiger partial charge in [-0.3, -0.25) is 9.69 Å². The quantitative estimate of drug-likeness (QED) is 0.396. The number of likely N-dealkylation sites (tertiary alicyclic amines) is 1. The van der Waals surface area contributed by atoms with Crippen LogP contribution in [0.15, 0.2) is 30.6 Å². The molecule has 0 bridgehead atoms. The highest BCUT2D eigenvalue weighted by molar-refractivity contribution is 6.31. The molecule has 228 valence electrons. The highest BCUT2D eigenvalue weighted by Gasteiger charge is 2.51. The lowest BCUT2D eigenvalue weighted by atomic mass is 9.68. The molecule has 1 spiro atoms. The number of rotatable bonds is 7. The zero-order chi connectivity index (χ0) is 30.5. The third-order valence-corrected chi connectivity index (χ3v) is 10.2. The Hall–Kier alpha value is -3.29. The number of aromatic nitrogens is 2. The molecule has 2 aromatic rings. The van der Waals surface area contributed by atoms with Crippen molar-refractivity contribution in [1.82, 2.24) is 19.8 Å². The minimum absolute atomic E-state index is 0.0191. The number of halogens is 3. The first-order valence-electron chi connectivity index (χ1n) is 15.1. The van der Waals surface area contributed by atoms with Crippen LogP contribution in [0.3, 0.4) is 0 Å². The number of amides is 1. The SMILES string of the molecule is C=C(F)C(=O)N1CCN(c2nc(OC[C@H]3CCN3C(C)C)nc3c2CC[C@@]2(CCc4c(Cl)cccc42)[C@H]3F)C[C@@H]1CC#N. The second-order valence-corrected chi connectivity index (χ2v) is 12.8. The molecular formula is C32H37ClF2N6O2. The summed E-state index contributed by atoms with van der Waals surface area (Å²) in [6.07, 6.45) is 2.14. The van der Waals surface area contributed by atoms with Gasteiger partial charge >= 0.3 is 6.01 Å². The van der Waals surface area contributed by atoms with E-state index < -0.39 is 29.4 Å². The van der Waals surface area contributed by atoms with Gasteiger partial charge in [0.2, 0.25) is 0 Å². The normalized spacial score (nSPS) is 26.6. The van der Waals surface area contributed by atoms with E-state index in [0.717, 1.165) is 29.7 Å². The van der Waals surface area contributed by atoms with Crippen molar-refractivity contribution in [2.24, 2.45) is 0 Å². The Morgan fingerprint density at radius 2 is 1.98 bits per heavy atom. The summed E-state index contributed by atoms with van der Waals surface area (Å²) in [4.78, 5) is 27.7. The molecule has 11 heteroatoms. The smallest absolute Gasteiger partial charge is 0.318 e. The molecule has 2 saturated heterocycles. The zero-order valence-electron chi connectivity index (χ0n) is 24.7. The molecule has 0 unspecified atom stereocenters. The van der Waals surface area contributed by atoms with E-state index in [4.69, 9.17) is 26.3 Å². The minimum atomic E-state index is -1.39. The van der Waals surface area contributed by atoms with Crippen molar-refractivity contribution >= 4 is 23.3 Å². The number of anilines is 1. The van der Waals surface area contributed by atoms with Crippen molar-refractivity contribution in [1.29, 1.82) is 5.26 Å². The van der Waals surface area contributed by atoms with Crippen molar-refractivity contribution in [2.75, 3.05) is 37.7 Å². The van der Waals surface area contributed by atoms with Gasteiger partial charge in [0.1, 0.15) is 12.4 Å². The summed E-state index contributed by atoms with van der Waals surface area (Å²) < 4.78 is 37.0. The number of ether oxygens (including phenoxy) is 1. The van der Waals surface area contributed by atoms with Crippen molar-refractivity contribution in [2.45, 2.75) is 82.1 Å². The van der Waals surface area contributed by atoms with Gasteiger partial charge in [-0.1, -0.05) is 30.3 Å². The molecule has 3 heterocycles. The number of nitrogens with zero attached hydrogens (tertiary/aromatic N) is 6. The molecule has 1 aromatic carbocycles. The van der Waals surface area contributed by atoms with Gasteiger partial charge in [0.25, 0.3) is 5.91 Å². The summed E-state index contributed by atoms with van der Waals surface area (Å²) in [5, 5.41) is 10.2. The van der Waals surface area contributed by atoms with Crippen LogP contribution in [0, 0.1) is 11.3 Å². The topological polar surface area (TPSA) is 85.6 Å². The van der Waals surface area contributed by atoms with E-state index in [-0.39, 0.29) is 31.6 Å². The predicted molar refractivity (Wildman–Crippen MR) is 160 cm³/mol. The van der Waals surface area contributed by atoms with Gasteiger partial charge in [0.05, 0.1) is 24.2 Å². The monoisotopic (exact) mass is 610 g/mol. The molecule has 4 atom stereocenters. The van der Waals surface area contributed by atoms with Gasteiger partial charge in [-0.05, 0) is 63.1 Å². The third-order valence-electron chi connectivity index (χ3n) is 9.88. The Labute approximate surface area is 256 Å². The Bertz CT molecular complexity index is 1480. The van der Waals surface area contributed by atoms with Crippen LogP contribution < -0.4 is 9.64 Å². The van der Waals surface area contributed by atoms with Crippen LogP contribution in [0.25, 0.3) is 0 Å². The van der Waals surface area contributed by atoms with E-state index in [9.17, 15) is 14.4 Å². The van der Waals surface area contributed by atoms with Crippen molar-refractivity contribution in [3.05, 3.63) is 58.0 Å². The van der Waals surface area contributed by atoms with Crippen LogP contribution in [-0.4, -0.2) is 76.6 Å². The number of piperazine rings is 1. The van der Waals surface area contributed by atoms with Crippen LogP contribution in [-0.2, 0) is 23.1 Å². The van der Waals surface area contributed by atoms with Gasteiger partial charge in [0.15, 0.2) is 12.0 Å². The number of carbonyl (C=O) groups excluding carboxylic acids is 1. The summed E-state index contributed by atoms with van der Waals surface area (Å²) in [6.45, 7) is 9.64. The lowest BCUT2D eigenvalue weighted by Gasteiger charge is -2.44. The highest BCUT2D eigenvalue weighted by atomic mass is 35.5. The Kier molecular flexibility index (Phi) is 8.07. The second-order valence-electron chi connectivity index (χ2n) is 12.4. The number of nitriles is 1. The van der Waals surface area contributed by atoms with E-state index in [1.165, 1.54) is 4.90 Å². The fourth-order valence-corrected chi connectivity index (χ4v) is 7.78. The molecule has 2 aliphatic carbocycles. The van der Waals surface area contributed by atoms with Gasteiger partial charge in [-0.25, -0.2) is 8.78 Å². The molecule has 0 N–H and O–H groups in total. The van der Waals surface area contributed by atoms with Crippen molar-refractivity contribution in [3.63, 3.8) is 0 Å². The number of fused-ring (bicyclic) bond motifs is 3. The number of carbonyl (C=O) groups is 1. The van der Waals surface area contributed by atoms with E-state index in [1.807, 2.05) is 23.1 Å². The largest absolute Gasteiger partial charge is 0.462 e. The first kappa shape index (κ1) is 29.8. The average molecular weight is 611 g/mol. The van der Waals surface area contributed by atoms with E-state index in [2.05, 4.69) is 31.4 Å². The number of hydrogen-bond acceptors (Lipinski definition) is 7. The lowest BCUT2D eigenvalue weighted by Crippen LogP contribution is -2.56.